The highest BCUT2D eigenvalue weighted by Crippen LogP contribution is 2.19. The average molecular weight is 291 g/mol. The molecule has 1 aromatic rings. The van der Waals surface area contributed by atoms with Gasteiger partial charge in [-0.1, -0.05) is 19.9 Å². The van der Waals surface area contributed by atoms with E-state index in [4.69, 9.17) is 11.0 Å². The summed E-state index contributed by atoms with van der Waals surface area (Å²) in [6.07, 6.45) is 1.07. The molecule has 0 unspecified atom stereocenters. The molecule has 0 aromatic heterocycles. The molecule has 0 atom stereocenters. The minimum atomic E-state index is -0.904. The second-order valence-corrected chi connectivity index (χ2v) is 5.10. The number of halogens is 1. The first kappa shape index (κ1) is 17.1. The Labute approximate surface area is 125 Å². The lowest BCUT2D eigenvalue weighted by atomic mass is 9.92. The Morgan fingerprint density at radius 3 is 2.43 bits per heavy atom. The van der Waals surface area contributed by atoms with E-state index >= 15 is 0 Å². The van der Waals surface area contributed by atoms with Crippen molar-refractivity contribution in [1.82, 2.24) is 4.90 Å². The van der Waals surface area contributed by atoms with Crippen LogP contribution in [-0.2, 0) is 11.3 Å². The Hall–Kier alpha value is -1.93. The van der Waals surface area contributed by atoms with Crippen LogP contribution in [0.15, 0.2) is 18.2 Å². The van der Waals surface area contributed by atoms with Crippen LogP contribution >= 0.6 is 0 Å². The number of likely N-dealkylation sites (N-methyl/N-ethyl adjacent to an activating group) is 1. The van der Waals surface area contributed by atoms with Crippen LogP contribution in [0.3, 0.4) is 0 Å². The third kappa shape index (κ3) is 3.79. The van der Waals surface area contributed by atoms with Gasteiger partial charge in [0.15, 0.2) is 0 Å². The van der Waals surface area contributed by atoms with Gasteiger partial charge in [0.25, 0.3) is 0 Å². The fourth-order valence-corrected chi connectivity index (χ4v) is 2.15. The highest BCUT2D eigenvalue weighted by molar-refractivity contribution is 5.86. The molecule has 2 N–H and O–H groups in total. The van der Waals surface area contributed by atoms with Gasteiger partial charge in [0.1, 0.15) is 5.82 Å². The SMILES string of the molecule is CCN(Cc1ccc(C#N)cc1F)C(=O)C(N)(CC)CC. The number of amides is 1. The third-order valence-corrected chi connectivity index (χ3v) is 3.90. The second kappa shape index (κ2) is 7.19. The highest BCUT2D eigenvalue weighted by atomic mass is 19.1. The second-order valence-electron chi connectivity index (χ2n) is 5.10. The quantitative estimate of drug-likeness (QED) is 0.875. The zero-order chi connectivity index (χ0) is 16.0. The van der Waals surface area contributed by atoms with Crippen LogP contribution in [-0.4, -0.2) is 22.9 Å². The van der Waals surface area contributed by atoms with Crippen LogP contribution in [0.4, 0.5) is 4.39 Å². The first-order valence-corrected chi connectivity index (χ1v) is 7.18. The number of carbonyl (C=O) groups excluding carboxylic acids is 1. The van der Waals surface area contributed by atoms with Gasteiger partial charge in [0.05, 0.1) is 17.2 Å². The monoisotopic (exact) mass is 291 g/mol. The predicted molar refractivity (Wildman–Crippen MR) is 79.7 cm³/mol. The summed E-state index contributed by atoms with van der Waals surface area (Å²) in [7, 11) is 0. The van der Waals surface area contributed by atoms with Gasteiger partial charge in [-0.25, -0.2) is 4.39 Å². The molecule has 4 nitrogen and oxygen atoms in total. The maximum atomic E-state index is 13.9. The molecule has 114 valence electrons. The van der Waals surface area contributed by atoms with Gasteiger partial charge in [-0.3, -0.25) is 4.79 Å². The minimum Gasteiger partial charge on any atom is -0.337 e. The summed E-state index contributed by atoms with van der Waals surface area (Å²) in [6.45, 7) is 6.20. The van der Waals surface area contributed by atoms with E-state index in [-0.39, 0.29) is 18.0 Å². The van der Waals surface area contributed by atoms with Gasteiger partial charge in [0, 0.05) is 18.7 Å². The lowest BCUT2D eigenvalue weighted by Crippen LogP contribution is -2.54. The largest absolute Gasteiger partial charge is 0.337 e. The van der Waals surface area contributed by atoms with Gasteiger partial charge >= 0.3 is 0 Å². The van der Waals surface area contributed by atoms with E-state index < -0.39 is 11.4 Å². The number of hydrogen-bond donors (Lipinski definition) is 1. The van der Waals surface area contributed by atoms with Gasteiger partial charge in [-0.15, -0.1) is 0 Å². The summed E-state index contributed by atoms with van der Waals surface area (Å²) in [5, 5.41) is 8.74. The summed E-state index contributed by atoms with van der Waals surface area (Å²) in [4.78, 5) is 14.1. The van der Waals surface area contributed by atoms with E-state index in [0.717, 1.165) is 0 Å². The summed E-state index contributed by atoms with van der Waals surface area (Å²) in [6, 6.07) is 6.16. The number of hydrogen-bond acceptors (Lipinski definition) is 3. The lowest BCUT2D eigenvalue weighted by Gasteiger charge is -2.32. The van der Waals surface area contributed by atoms with Gasteiger partial charge < -0.3 is 10.6 Å². The number of nitriles is 1. The molecule has 1 amide bonds. The van der Waals surface area contributed by atoms with E-state index in [0.29, 0.717) is 24.9 Å². The molecule has 5 heteroatoms. The number of benzene rings is 1. The third-order valence-electron chi connectivity index (χ3n) is 3.90. The van der Waals surface area contributed by atoms with Crippen LogP contribution in [0.5, 0.6) is 0 Å². The van der Waals surface area contributed by atoms with Crippen molar-refractivity contribution >= 4 is 5.91 Å². The van der Waals surface area contributed by atoms with Crippen molar-refractivity contribution in [2.45, 2.75) is 45.7 Å². The van der Waals surface area contributed by atoms with Crippen LogP contribution in [0, 0.1) is 17.1 Å². The number of carbonyl (C=O) groups is 1. The zero-order valence-corrected chi connectivity index (χ0v) is 12.8. The summed E-state index contributed by atoms with van der Waals surface area (Å²) in [5.41, 5.74) is 5.87. The van der Waals surface area contributed by atoms with Crippen LogP contribution in [0.25, 0.3) is 0 Å². The Balaban J connectivity index is 2.98. The normalized spacial score (nSPS) is 11.0. The zero-order valence-electron chi connectivity index (χ0n) is 12.8. The molecule has 1 rings (SSSR count). The molecule has 0 aliphatic carbocycles. The fraction of sp³-hybridized carbons (Fsp3) is 0.500. The molecule has 1 aromatic carbocycles. The first-order chi connectivity index (χ1) is 9.91. The molecule has 0 fully saturated rings. The average Bonchev–Trinajstić information content (AvgIpc) is 2.52. The molecule has 21 heavy (non-hydrogen) atoms. The van der Waals surface area contributed by atoms with E-state index in [2.05, 4.69) is 0 Å². The highest BCUT2D eigenvalue weighted by Gasteiger charge is 2.33. The van der Waals surface area contributed by atoms with Gasteiger partial charge in [-0.2, -0.15) is 5.26 Å². The maximum Gasteiger partial charge on any atom is 0.242 e. The van der Waals surface area contributed by atoms with Crippen LogP contribution < -0.4 is 5.73 Å². The standard InChI is InChI=1S/C16H22FN3O/c1-4-16(19,5-2)15(21)20(6-3)11-13-8-7-12(10-18)9-14(13)17/h7-9H,4-6,11,19H2,1-3H3. The number of nitrogens with zero attached hydrogens (tertiary/aromatic N) is 2. The number of nitrogens with two attached hydrogens (primary N) is 1. The van der Waals surface area contributed by atoms with Crippen molar-refractivity contribution in [3.63, 3.8) is 0 Å². The van der Waals surface area contributed by atoms with Crippen molar-refractivity contribution < 1.29 is 9.18 Å². The Bertz CT molecular complexity index is 547. The Morgan fingerprint density at radius 1 is 1.38 bits per heavy atom. The molecule has 0 aliphatic rings. The molecular weight excluding hydrogens is 269 g/mol. The molecule has 0 spiro atoms. The molecule has 0 aliphatic heterocycles. The molecule has 0 bridgehead atoms. The summed E-state index contributed by atoms with van der Waals surface area (Å²) >= 11 is 0. The van der Waals surface area contributed by atoms with Crippen molar-refractivity contribution in [3.8, 4) is 6.07 Å². The first-order valence-electron chi connectivity index (χ1n) is 7.18. The predicted octanol–water partition coefficient (Wildman–Crippen LogP) is 2.56. The van der Waals surface area contributed by atoms with E-state index in [1.54, 1.807) is 17.0 Å². The van der Waals surface area contributed by atoms with E-state index in [1.165, 1.54) is 6.07 Å². The van der Waals surface area contributed by atoms with Crippen molar-refractivity contribution in [2.24, 2.45) is 5.73 Å². The molecule has 0 radical (unpaired) electrons. The van der Waals surface area contributed by atoms with Crippen LogP contribution in [0.1, 0.15) is 44.7 Å². The molecular formula is C16H22FN3O. The van der Waals surface area contributed by atoms with E-state index in [1.807, 2.05) is 26.8 Å². The van der Waals surface area contributed by atoms with Gasteiger partial charge in [0.2, 0.25) is 5.91 Å². The van der Waals surface area contributed by atoms with Crippen molar-refractivity contribution in [3.05, 3.63) is 35.1 Å². The van der Waals surface area contributed by atoms with Gasteiger partial charge in [-0.05, 0) is 31.9 Å². The lowest BCUT2D eigenvalue weighted by molar-refractivity contribution is -0.137. The fourth-order valence-electron chi connectivity index (χ4n) is 2.15. The smallest absolute Gasteiger partial charge is 0.242 e. The topological polar surface area (TPSA) is 70.1 Å². The minimum absolute atomic E-state index is 0.159. The molecule has 0 saturated heterocycles. The number of rotatable bonds is 6. The van der Waals surface area contributed by atoms with Crippen LogP contribution in [0.2, 0.25) is 0 Å². The van der Waals surface area contributed by atoms with Crippen molar-refractivity contribution in [1.29, 1.82) is 5.26 Å². The molecule has 0 saturated carbocycles. The van der Waals surface area contributed by atoms with E-state index in [9.17, 15) is 9.18 Å². The Kier molecular flexibility index (Phi) is 5.86. The Morgan fingerprint density at radius 2 is 2.00 bits per heavy atom. The summed E-state index contributed by atoms with van der Waals surface area (Å²) < 4.78 is 13.9. The summed E-state index contributed by atoms with van der Waals surface area (Å²) in [5.74, 6) is -0.644. The maximum absolute atomic E-state index is 13.9. The van der Waals surface area contributed by atoms with Crippen molar-refractivity contribution in [2.75, 3.05) is 6.54 Å². The molecule has 0 heterocycles.